The molecule has 0 spiro atoms. The maximum atomic E-state index is 13.5. The van der Waals surface area contributed by atoms with Crippen LogP contribution in [0.2, 0.25) is 0 Å². The van der Waals surface area contributed by atoms with E-state index in [-0.39, 0.29) is 31.1 Å². The third-order valence-electron chi connectivity index (χ3n) is 6.21. The van der Waals surface area contributed by atoms with Gasteiger partial charge in [0, 0.05) is 43.5 Å². The fourth-order valence-electron chi connectivity index (χ4n) is 4.17. The van der Waals surface area contributed by atoms with E-state index in [1.807, 2.05) is 47.6 Å². The third-order valence-corrected chi connectivity index (χ3v) is 8.38. The lowest BCUT2D eigenvalue weighted by Gasteiger charge is -2.35. The number of nitrogens with one attached hydrogen (secondary N) is 2. The molecule has 1 saturated heterocycles. The van der Waals surface area contributed by atoms with Crippen LogP contribution in [0.4, 0.5) is 10.5 Å². The molecule has 0 aromatic heterocycles. The van der Waals surface area contributed by atoms with Crippen LogP contribution in [0.3, 0.4) is 0 Å². The van der Waals surface area contributed by atoms with Gasteiger partial charge in [0.1, 0.15) is 0 Å². The van der Waals surface area contributed by atoms with E-state index in [1.165, 1.54) is 4.31 Å². The van der Waals surface area contributed by atoms with Gasteiger partial charge in [0.25, 0.3) is 5.91 Å². The molecule has 184 valence electrons. The summed E-state index contributed by atoms with van der Waals surface area (Å²) in [6, 6.07) is 8.42. The van der Waals surface area contributed by atoms with E-state index in [4.69, 9.17) is 0 Å². The van der Waals surface area contributed by atoms with Gasteiger partial charge >= 0.3 is 6.03 Å². The average molecular weight is 487 g/mol. The number of aryl methyl sites for hydroxylation is 2. The molecule has 9 heteroatoms. The smallest absolute Gasteiger partial charge is 0.319 e. The zero-order valence-corrected chi connectivity index (χ0v) is 21.5. The van der Waals surface area contributed by atoms with Crippen LogP contribution >= 0.6 is 0 Å². The highest BCUT2D eigenvalue weighted by molar-refractivity contribution is 7.89. The Morgan fingerprint density at radius 3 is 2.06 bits per heavy atom. The van der Waals surface area contributed by atoms with Crippen molar-refractivity contribution in [2.45, 2.75) is 52.5 Å². The maximum Gasteiger partial charge on any atom is 0.319 e. The lowest BCUT2D eigenvalue weighted by atomic mass is 10.0. The Hall–Kier alpha value is -2.91. The number of benzene rings is 2. The molecule has 1 heterocycles. The summed E-state index contributed by atoms with van der Waals surface area (Å²) in [6.45, 7) is 12.3. The molecular formula is C25H34N4O4S. The summed E-state index contributed by atoms with van der Waals surface area (Å²) < 4.78 is 28.4. The number of anilines is 1. The lowest BCUT2D eigenvalue weighted by Crippen LogP contribution is -2.50. The van der Waals surface area contributed by atoms with Crippen LogP contribution < -0.4 is 10.6 Å². The zero-order chi connectivity index (χ0) is 25.2. The largest absolute Gasteiger partial charge is 0.336 e. The highest BCUT2D eigenvalue weighted by Crippen LogP contribution is 2.29. The van der Waals surface area contributed by atoms with Crippen LogP contribution in [0.15, 0.2) is 35.2 Å². The van der Waals surface area contributed by atoms with Crippen LogP contribution in [-0.2, 0) is 10.0 Å². The molecule has 1 fully saturated rings. The van der Waals surface area contributed by atoms with Crippen molar-refractivity contribution in [2.24, 2.45) is 0 Å². The molecule has 0 saturated carbocycles. The summed E-state index contributed by atoms with van der Waals surface area (Å²) in [5.74, 6) is -0.191. The Kier molecular flexibility index (Phi) is 7.67. The summed E-state index contributed by atoms with van der Waals surface area (Å²) in [5.41, 5.74) is 4.41. The summed E-state index contributed by atoms with van der Waals surface area (Å²) in [5, 5.41) is 5.47. The summed E-state index contributed by atoms with van der Waals surface area (Å²) in [4.78, 5) is 27.1. The first kappa shape index (κ1) is 25.7. The number of piperazine rings is 1. The molecule has 3 amide bonds. The van der Waals surface area contributed by atoms with Crippen molar-refractivity contribution < 1.29 is 18.0 Å². The second kappa shape index (κ2) is 10.1. The van der Waals surface area contributed by atoms with Crippen LogP contribution in [0.1, 0.15) is 46.5 Å². The first-order valence-electron chi connectivity index (χ1n) is 11.5. The Morgan fingerprint density at radius 1 is 0.912 bits per heavy atom. The van der Waals surface area contributed by atoms with E-state index < -0.39 is 10.0 Å². The Bertz CT molecular complexity index is 1170. The minimum atomic E-state index is -3.67. The minimum absolute atomic E-state index is 0.00585. The van der Waals surface area contributed by atoms with Crippen molar-refractivity contribution >= 4 is 27.6 Å². The molecule has 0 radical (unpaired) electrons. The normalized spacial score (nSPS) is 14.9. The van der Waals surface area contributed by atoms with Crippen LogP contribution in [0, 0.1) is 27.7 Å². The molecule has 0 aliphatic carbocycles. The summed E-state index contributed by atoms with van der Waals surface area (Å²) in [6.07, 6.45) is 0. The van der Waals surface area contributed by atoms with Gasteiger partial charge in [0.2, 0.25) is 10.0 Å². The predicted octanol–water partition coefficient (Wildman–Crippen LogP) is 3.60. The molecule has 0 atom stereocenters. The molecular weight excluding hydrogens is 452 g/mol. The van der Waals surface area contributed by atoms with Gasteiger partial charge in [-0.05, 0) is 82.0 Å². The number of rotatable bonds is 5. The van der Waals surface area contributed by atoms with E-state index in [1.54, 1.807) is 29.2 Å². The molecule has 0 bridgehead atoms. The van der Waals surface area contributed by atoms with E-state index in [2.05, 4.69) is 10.6 Å². The molecule has 8 nitrogen and oxygen atoms in total. The monoisotopic (exact) mass is 486 g/mol. The van der Waals surface area contributed by atoms with Gasteiger partial charge in [0.15, 0.2) is 0 Å². The lowest BCUT2D eigenvalue weighted by molar-refractivity contribution is 0.0698. The van der Waals surface area contributed by atoms with E-state index in [0.717, 1.165) is 22.3 Å². The number of carbonyl (C=O) groups is 2. The van der Waals surface area contributed by atoms with Crippen LogP contribution in [0.5, 0.6) is 0 Å². The first-order valence-corrected chi connectivity index (χ1v) is 12.9. The molecule has 0 unspecified atom stereocenters. The summed E-state index contributed by atoms with van der Waals surface area (Å²) in [7, 11) is -3.67. The Labute approximate surface area is 202 Å². The van der Waals surface area contributed by atoms with Crippen LogP contribution in [0.25, 0.3) is 0 Å². The average Bonchev–Trinajstić information content (AvgIpc) is 2.77. The quantitative estimate of drug-likeness (QED) is 0.675. The second-order valence-corrected chi connectivity index (χ2v) is 11.0. The zero-order valence-electron chi connectivity index (χ0n) is 20.7. The van der Waals surface area contributed by atoms with Crippen molar-refractivity contribution in [3.05, 3.63) is 58.1 Å². The first-order chi connectivity index (χ1) is 15.9. The SMILES string of the molecule is Cc1cc(C)c(C)c(S(=O)(=O)N2CCN(C(=O)c3cccc(NC(=O)NC(C)C)c3)CC2)c1C. The molecule has 3 rings (SSSR count). The fraction of sp³-hybridized carbons (Fsp3) is 0.440. The van der Waals surface area contributed by atoms with Crippen molar-refractivity contribution in [1.82, 2.24) is 14.5 Å². The van der Waals surface area contributed by atoms with E-state index in [0.29, 0.717) is 29.2 Å². The van der Waals surface area contributed by atoms with Gasteiger partial charge in [0.05, 0.1) is 4.90 Å². The number of urea groups is 1. The van der Waals surface area contributed by atoms with Crippen molar-refractivity contribution in [3.63, 3.8) is 0 Å². The van der Waals surface area contributed by atoms with E-state index in [9.17, 15) is 18.0 Å². The molecule has 2 N–H and O–H groups in total. The number of nitrogens with zero attached hydrogens (tertiary/aromatic N) is 2. The molecule has 1 aliphatic heterocycles. The van der Waals surface area contributed by atoms with Gasteiger partial charge in [-0.15, -0.1) is 0 Å². The third kappa shape index (κ3) is 5.42. The number of sulfonamides is 1. The molecule has 1 aliphatic rings. The number of hydrogen-bond donors (Lipinski definition) is 2. The van der Waals surface area contributed by atoms with Gasteiger partial charge in [-0.25, -0.2) is 13.2 Å². The number of amides is 3. The van der Waals surface area contributed by atoms with E-state index >= 15 is 0 Å². The standard InChI is InChI=1S/C25H34N4O4S/c1-16(2)26-25(31)27-22-9-7-8-21(15-22)24(30)28-10-12-29(13-11-28)34(32,33)23-19(5)17(3)14-18(4)20(23)6/h7-9,14-16H,10-13H2,1-6H3,(H2,26,27,31). The fourth-order valence-corrected chi connectivity index (χ4v) is 6.17. The molecule has 2 aromatic carbocycles. The topological polar surface area (TPSA) is 98.8 Å². The maximum absolute atomic E-state index is 13.5. The number of hydrogen-bond acceptors (Lipinski definition) is 4. The van der Waals surface area contributed by atoms with Crippen molar-refractivity contribution in [2.75, 3.05) is 31.5 Å². The van der Waals surface area contributed by atoms with Crippen molar-refractivity contribution in [1.29, 1.82) is 0 Å². The minimum Gasteiger partial charge on any atom is -0.336 e. The Morgan fingerprint density at radius 2 is 1.50 bits per heavy atom. The predicted molar refractivity (Wildman–Crippen MR) is 134 cm³/mol. The van der Waals surface area contributed by atoms with Crippen LogP contribution in [-0.4, -0.2) is 61.8 Å². The van der Waals surface area contributed by atoms with Gasteiger partial charge in [-0.2, -0.15) is 4.31 Å². The van der Waals surface area contributed by atoms with Crippen molar-refractivity contribution in [3.8, 4) is 0 Å². The second-order valence-electron chi connectivity index (χ2n) is 9.12. The van der Waals surface area contributed by atoms with Gasteiger partial charge in [-0.1, -0.05) is 12.1 Å². The highest BCUT2D eigenvalue weighted by atomic mass is 32.2. The van der Waals surface area contributed by atoms with Gasteiger partial charge < -0.3 is 15.5 Å². The number of carbonyl (C=O) groups excluding carboxylic acids is 2. The molecule has 34 heavy (non-hydrogen) atoms. The Balaban J connectivity index is 1.71. The summed E-state index contributed by atoms with van der Waals surface area (Å²) >= 11 is 0. The highest BCUT2D eigenvalue weighted by Gasteiger charge is 2.33. The molecule has 2 aromatic rings. The van der Waals surface area contributed by atoms with Gasteiger partial charge in [-0.3, -0.25) is 4.79 Å².